The van der Waals surface area contributed by atoms with E-state index in [1.807, 2.05) is 11.3 Å². The first-order valence-corrected chi connectivity index (χ1v) is 6.81. The van der Waals surface area contributed by atoms with Gasteiger partial charge < -0.3 is 5.32 Å². The second-order valence-electron chi connectivity index (χ2n) is 4.62. The molecule has 0 atom stereocenters. The van der Waals surface area contributed by atoms with Gasteiger partial charge >= 0.3 is 0 Å². The number of nitrogens with one attached hydrogen (secondary N) is 1. The molecule has 0 aliphatic heterocycles. The molecule has 16 heavy (non-hydrogen) atoms. The highest BCUT2D eigenvalue weighted by molar-refractivity contribution is 7.17. The lowest BCUT2D eigenvalue weighted by Crippen LogP contribution is -2.15. The molecule has 2 aromatic rings. The van der Waals surface area contributed by atoms with E-state index < -0.39 is 0 Å². The van der Waals surface area contributed by atoms with Crippen LogP contribution in [0.5, 0.6) is 0 Å². The number of benzene rings is 1. The van der Waals surface area contributed by atoms with Crippen LogP contribution in [0.25, 0.3) is 10.1 Å². The highest BCUT2D eigenvalue weighted by Gasteiger charge is 2.02. The van der Waals surface area contributed by atoms with Crippen molar-refractivity contribution in [1.82, 2.24) is 5.32 Å². The van der Waals surface area contributed by atoms with Gasteiger partial charge in [0.05, 0.1) is 0 Å². The minimum absolute atomic E-state index is 0.784. The van der Waals surface area contributed by atoms with E-state index in [1.54, 1.807) is 0 Å². The SMILES string of the molecule is CC(C)CCNCc1csc2ccccc12. The van der Waals surface area contributed by atoms with Crippen molar-refractivity contribution in [2.24, 2.45) is 5.92 Å². The van der Waals surface area contributed by atoms with Crippen molar-refractivity contribution < 1.29 is 0 Å². The molecule has 0 spiro atoms. The maximum atomic E-state index is 3.52. The first kappa shape index (κ1) is 11.6. The van der Waals surface area contributed by atoms with Crippen molar-refractivity contribution in [2.75, 3.05) is 6.54 Å². The molecule has 1 N–H and O–H groups in total. The van der Waals surface area contributed by atoms with Crippen molar-refractivity contribution in [3.05, 3.63) is 35.2 Å². The predicted molar refractivity (Wildman–Crippen MR) is 73.0 cm³/mol. The van der Waals surface area contributed by atoms with Gasteiger partial charge in [-0.15, -0.1) is 11.3 Å². The van der Waals surface area contributed by atoms with Crippen LogP contribution < -0.4 is 5.32 Å². The fraction of sp³-hybridized carbons (Fsp3) is 0.429. The zero-order valence-electron chi connectivity index (χ0n) is 9.99. The highest BCUT2D eigenvalue weighted by Crippen LogP contribution is 2.25. The van der Waals surface area contributed by atoms with E-state index in [1.165, 1.54) is 22.1 Å². The Morgan fingerprint density at radius 3 is 2.88 bits per heavy atom. The van der Waals surface area contributed by atoms with Gasteiger partial charge in [0, 0.05) is 11.2 Å². The smallest absolute Gasteiger partial charge is 0.0346 e. The predicted octanol–water partition coefficient (Wildman–Crippen LogP) is 4.04. The summed E-state index contributed by atoms with van der Waals surface area (Å²) in [5, 5.41) is 7.20. The molecular formula is C14H19NS. The quantitative estimate of drug-likeness (QED) is 0.769. The molecule has 0 bridgehead atoms. The molecule has 1 nitrogen and oxygen atoms in total. The molecule has 1 aromatic heterocycles. The average molecular weight is 233 g/mol. The second-order valence-corrected chi connectivity index (χ2v) is 5.53. The Morgan fingerprint density at radius 1 is 1.25 bits per heavy atom. The van der Waals surface area contributed by atoms with E-state index in [4.69, 9.17) is 0 Å². The average Bonchev–Trinajstić information content (AvgIpc) is 2.68. The first-order chi connectivity index (χ1) is 7.77. The lowest BCUT2D eigenvalue weighted by molar-refractivity contribution is 0.538. The molecule has 2 rings (SSSR count). The summed E-state index contributed by atoms with van der Waals surface area (Å²) < 4.78 is 1.39. The number of thiophene rings is 1. The lowest BCUT2D eigenvalue weighted by Gasteiger charge is -2.06. The van der Waals surface area contributed by atoms with Crippen LogP contribution in [0.2, 0.25) is 0 Å². The third kappa shape index (κ3) is 2.83. The molecule has 0 aliphatic carbocycles. The third-order valence-corrected chi connectivity index (χ3v) is 3.79. The molecule has 1 aromatic carbocycles. The van der Waals surface area contributed by atoms with Crippen LogP contribution in [0.3, 0.4) is 0 Å². The van der Waals surface area contributed by atoms with Gasteiger partial charge in [0.15, 0.2) is 0 Å². The van der Waals surface area contributed by atoms with Crippen LogP contribution >= 0.6 is 11.3 Å². The zero-order chi connectivity index (χ0) is 11.4. The Kier molecular flexibility index (Phi) is 3.97. The molecular weight excluding hydrogens is 214 g/mol. The second kappa shape index (κ2) is 5.46. The molecule has 0 aliphatic rings. The number of hydrogen-bond donors (Lipinski definition) is 1. The molecule has 0 fully saturated rings. The Labute approximate surface area is 101 Å². The van der Waals surface area contributed by atoms with Crippen molar-refractivity contribution in [1.29, 1.82) is 0 Å². The summed E-state index contributed by atoms with van der Waals surface area (Å²) >= 11 is 1.84. The summed E-state index contributed by atoms with van der Waals surface area (Å²) in [6.45, 7) is 6.64. The molecule has 0 saturated heterocycles. The Balaban J connectivity index is 1.94. The van der Waals surface area contributed by atoms with Crippen LogP contribution in [0, 0.1) is 5.92 Å². The summed E-state index contributed by atoms with van der Waals surface area (Å²) in [7, 11) is 0. The van der Waals surface area contributed by atoms with Gasteiger partial charge in [-0.3, -0.25) is 0 Å². The summed E-state index contributed by atoms with van der Waals surface area (Å²) in [5.41, 5.74) is 1.43. The van der Waals surface area contributed by atoms with Crippen molar-refractivity contribution in [3.8, 4) is 0 Å². The van der Waals surface area contributed by atoms with Gasteiger partial charge in [0.25, 0.3) is 0 Å². The molecule has 2 heteroatoms. The fourth-order valence-electron chi connectivity index (χ4n) is 1.78. The van der Waals surface area contributed by atoms with Gasteiger partial charge in [0.1, 0.15) is 0 Å². The van der Waals surface area contributed by atoms with E-state index >= 15 is 0 Å². The van der Waals surface area contributed by atoms with E-state index in [-0.39, 0.29) is 0 Å². The number of hydrogen-bond acceptors (Lipinski definition) is 2. The van der Waals surface area contributed by atoms with Crippen molar-refractivity contribution in [2.45, 2.75) is 26.8 Å². The fourth-order valence-corrected chi connectivity index (χ4v) is 2.75. The van der Waals surface area contributed by atoms with E-state index in [2.05, 4.69) is 48.8 Å². The highest BCUT2D eigenvalue weighted by atomic mass is 32.1. The zero-order valence-corrected chi connectivity index (χ0v) is 10.8. The lowest BCUT2D eigenvalue weighted by atomic mass is 10.1. The topological polar surface area (TPSA) is 12.0 Å². The first-order valence-electron chi connectivity index (χ1n) is 5.93. The number of fused-ring (bicyclic) bond motifs is 1. The normalized spacial score (nSPS) is 11.4. The summed E-state index contributed by atoms with van der Waals surface area (Å²) in [4.78, 5) is 0. The summed E-state index contributed by atoms with van der Waals surface area (Å²) in [5.74, 6) is 0.784. The van der Waals surface area contributed by atoms with Gasteiger partial charge in [-0.2, -0.15) is 0 Å². The van der Waals surface area contributed by atoms with Crippen LogP contribution in [0.15, 0.2) is 29.6 Å². The Hall–Kier alpha value is -0.860. The van der Waals surface area contributed by atoms with E-state index in [0.29, 0.717) is 0 Å². The Bertz CT molecular complexity index is 445. The molecule has 1 heterocycles. The maximum Gasteiger partial charge on any atom is 0.0346 e. The Morgan fingerprint density at radius 2 is 2.06 bits per heavy atom. The van der Waals surface area contributed by atoms with Crippen LogP contribution in [0.4, 0.5) is 0 Å². The molecule has 86 valence electrons. The molecule has 0 radical (unpaired) electrons. The van der Waals surface area contributed by atoms with Gasteiger partial charge in [-0.1, -0.05) is 32.0 Å². The van der Waals surface area contributed by atoms with E-state index in [9.17, 15) is 0 Å². The van der Waals surface area contributed by atoms with Crippen LogP contribution in [0.1, 0.15) is 25.8 Å². The third-order valence-electron chi connectivity index (χ3n) is 2.78. The van der Waals surface area contributed by atoms with Gasteiger partial charge in [0.2, 0.25) is 0 Å². The largest absolute Gasteiger partial charge is 0.313 e. The van der Waals surface area contributed by atoms with E-state index in [0.717, 1.165) is 19.0 Å². The van der Waals surface area contributed by atoms with Gasteiger partial charge in [-0.05, 0) is 41.3 Å². The van der Waals surface area contributed by atoms with Crippen molar-refractivity contribution in [3.63, 3.8) is 0 Å². The standard InChI is InChI=1S/C14H19NS/c1-11(2)7-8-15-9-12-10-16-14-6-4-3-5-13(12)14/h3-6,10-11,15H,7-9H2,1-2H3. The van der Waals surface area contributed by atoms with Crippen LogP contribution in [-0.4, -0.2) is 6.54 Å². The molecule has 0 saturated carbocycles. The monoisotopic (exact) mass is 233 g/mol. The van der Waals surface area contributed by atoms with Crippen LogP contribution in [-0.2, 0) is 6.54 Å². The number of rotatable bonds is 5. The molecule has 0 unspecified atom stereocenters. The maximum absolute atomic E-state index is 3.52. The van der Waals surface area contributed by atoms with Gasteiger partial charge in [-0.25, -0.2) is 0 Å². The summed E-state index contributed by atoms with van der Waals surface area (Å²) in [6.07, 6.45) is 1.25. The molecule has 0 amide bonds. The minimum atomic E-state index is 0.784. The summed E-state index contributed by atoms with van der Waals surface area (Å²) in [6, 6.07) is 8.63. The van der Waals surface area contributed by atoms with Crippen molar-refractivity contribution >= 4 is 21.4 Å². The minimum Gasteiger partial charge on any atom is -0.313 e.